The fourth-order valence-electron chi connectivity index (χ4n) is 4.82. The quantitative estimate of drug-likeness (QED) is 0.379. The van der Waals surface area contributed by atoms with Gasteiger partial charge in [0.2, 0.25) is 0 Å². The van der Waals surface area contributed by atoms with Gasteiger partial charge in [-0.2, -0.15) is 0 Å². The van der Waals surface area contributed by atoms with Gasteiger partial charge in [0.15, 0.2) is 0 Å². The number of halogens is 1. The average molecular weight is 459 g/mol. The van der Waals surface area contributed by atoms with E-state index in [2.05, 4.69) is 20.9 Å². The number of piperidine rings is 1. The third-order valence-electron chi connectivity index (χ3n) is 6.54. The maximum absolute atomic E-state index is 12.6. The van der Waals surface area contributed by atoms with Crippen molar-refractivity contribution < 1.29 is 43.1 Å². The monoisotopic (exact) mass is 459 g/mol. The number of rotatable bonds is 5. The molecule has 4 nitrogen and oxygen atoms in total. The molecule has 0 radical (unpaired) electrons. The fourth-order valence-corrected chi connectivity index (χ4v) is 4.82. The first-order valence-electron chi connectivity index (χ1n) is 9.18. The van der Waals surface area contributed by atoms with Crippen LogP contribution < -0.4 is 24.0 Å². The Kier molecular flexibility index (Phi) is 6.90. The highest BCUT2D eigenvalue weighted by Crippen LogP contribution is 2.44. The number of nitrogens with zero attached hydrogens (tertiary/aromatic N) is 1. The summed E-state index contributed by atoms with van der Waals surface area (Å²) in [5, 5.41) is 9.65. The van der Waals surface area contributed by atoms with Crippen LogP contribution in [-0.2, 0) is 9.53 Å². The van der Waals surface area contributed by atoms with E-state index in [9.17, 15) is 9.90 Å². The van der Waals surface area contributed by atoms with Gasteiger partial charge in [-0.3, -0.25) is 4.79 Å². The first kappa shape index (κ1) is 20.6. The van der Waals surface area contributed by atoms with E-state index in [1.165, 1.54) is 12.8 Å². The van der Waals surface area contributed by atoms with E-state index in [4.69, 9.17) is 4.74 Å². The van der Waals surface area contributed by atoms with Gasteiger partial charge in [-0.15, -0.1) is 0 Å². The number of benzene rings is 1. The van der Waals surface area contributed by atoms with E-state index >= 15 is 0 Å². The van der Waals surface area contributed by atoms with Gasteiger partial charge < -0.3 is 38.3 Å². The molecular weight excluding hydrogens is 429 g/mol. The normalized spacial score (nSPS) is 32.1. The molecule has 2 heterocycles. The zero-order chi connectivity index (χ0) is 17.3. The highest BCUT2D eigenvalue weighted by Gasteiger charge is 2.53. The smallest absolute Gasteiger partial charge is 0.316 e. The van der Waals surface area contributed by atoms with Crippen molar-refractivity contribution in [2.45, 2.75) is 69.7 Å². The lowest BCUT2D eigenvalue weighted by Gasteiger charge is -2.49. The lowest BCUT2D eigenvalue weighted by atomic mass is 9.94. The van der Waals surface area contributed by atoms with Crippen LogP contribution in [0.3, 0.4) is 0 Å². The van der Waals surface area contributed by atoms with Crippen LogP contribution in [0.4, 0.5) is 0 Å². The number of hydrogen-bond acceptors (Lipinski definition) is 3. The average Bonchev–Trinajstić information content (AvgIpc) is 2.74. The second kappa shape index (κ2) is 8.35. The number of hydrogen-bond donors (Lipinski definition) is 1. The zero-order valence-corrected chi connectivity index (χ0v) is 17.6. The number of quaternary nitrogens is 1. The van der Waals surface area contributed by atoms with E-state index in [-0.39, 0.29) is 42.7 Å². The minimum atomic E-state index is -0.572. The van der Waals surface area contributed by atoms with Crippen molar-refractivity contribution in [1.82, 2.24) is 0 Å². The Morgan fingerprint density at radius 1 is 1.20 bits per heavy atom. The molecule has 0 aliphatic carbocycles. The molecule has 1 N–H and O–H groups in total. The Hall–Kier alpha value is -0.660. The second-order valence-corrected chi connectivity index (χ2v) is 7.88. The van der Waals surface area contributed by atoms with Crippen LogP contribution in [-0.4, -0.2) is 53.4 Å². The summed E-state index contributed by atoms with van der Waals surface area (Å²) in [6.07, 6.45) is 4.36. The molecular formula is C20H30INO3. The fraction of sp³-hybridized carbons (Fsp3) is 0.650. The molecule has 0 aromatic heterocycles. The third kappa shape index (κ3) is 3.88. The molecule has 3 rings (SSSR count). The van der Waals surface area contributed by atoms with Gasteiger partial charge >= 0.3 is 5.97 Å². The summed E-state index contributed by atoms with van der Waals surface area (Å²) >= 11 is 0. The summed E-state index contributed by atoms with van der Waals surface area (Å²) in [5.74, 6) is -0.856. The van der Waals surface area contributed by atoms with Gasteiger partial charge in [0.05, 0.1) is 31.8 Å². The SMILES string of the molecule is CC(C)[N+]1(C)C2CCC1CC(OC(=O)C(CO)c1ccccc1)C2.[I-]. The predicted octanol–water partition coefficient (Wildman–Crippen LogP) is -0.142. The number of carbonyl (C=O) groups excluding carboxylic acids is 1. The third-order valence-corrected chi connectivity index (χ3v) is 6.54. The van der Waals surface area contributed by atoms with Crippen molar-refractivity contribution in [3.63, 3.8) is 0 Å². The van der Waals surface area contributed by atoms with E-state index in [0.29, 0.717) is 18.1 Å². The highest BCUT2D eigenvalue weighted by molar-refractivity contribution is 5.78. The van der Waals surface area contributed by atoms with E-state index in [1.807, 2.05) is 30.3 Å². The van der Waals surface area contributed by atoms with Crippen LogP contribution in [0.15, 0.2) is 30.3 Å². The highest BCUT2D eigenvalue weighted by atomic mass is 127. The molecule has 3 unspecified atom stereocenters. The lowest BCUT2D eigenvalue weighted by Crippen LogP contribution is -3.00. The summed E-state index contributed by atoms with van der Waals surface area (Å²) in [6, 6.07) is 11.2. The Morgan fingerprint density at radius 3 is 2.24 bits per heavy atom. The Bertz CT molecular complexity index is 564. The minimum Gasteiger partial charge on any atom is -1.00 e. The van der Waals surface area contributed by atoms with Crippen LogP contribution >= 0.6 is 0 Å². The number of ether oxygens (including phenoxy) is 1. The number of carbonyl (C=O) groups is 1. The second-order valence-electron chi connectivity index (χ2n) is 7.88. The minimum absolute atomic E-state index is 0. The molecule has 5 heteroatoms. The van der Waals surface area contributed by atoms with Crippen LogP contribution in [0, 0.1) is 0 Å². The van der Waals surface area contributed by atoms with Crippen molar-refractivity contribution in [2.24, 2.45) is 0 Å². The van der Waals surface area contributed by atoms with Gasteiger partial charge in [0.1, 0.15) is 12.0 Å². The Morgan fingerprint density at radius 2 is 1.76 bits per heavy atom. The first-order valence-corrected chi connectivity index (χ1v) is 9.18. The molecule has 0 spiro atoms. The van der Waals surface area contributed by atoms with E-state index in [1.54, 1.807) is 0 Å². The Labute approximate surface area is 168 Å². The predicted molar refractivity (Wildman–Crippen MR) is 93.5 cm³/mol. The molecule has 140 valence electrons. The summed E-state index contributed by atoms with van der Waals surface area (Å²) in [5.41, 5.74) is 0.826. The van der Waals surface area contributed by atoms with Crippen molar-refractivity contribution in [1.29, 1.82) is 0 Å². The largest absolute Gasteiger partial charge is 1.00 e. The molecule has 2 bridgehead atoms. The molecule has 2 aliphatic rings. The van der Waals surface area contributed by atoms with Crippen molar-refractivity contribution in [2.75, 3.05) is 13.7 Å². The molecule has 0 amide bonds. The molecule has 3 atom stereocenters. The number of aliphatic hydroxyl groups excluding tert-OH is 1. The number of fused-ring (bicyclic) bond motifs is 2. The topological polar surface area (TPSA) is 46.5 Å². The van der Waals surface area contributed by atoms with Crippen molar-refractivity contribution >= 4 is 5.97 Å². The van der Waals surface area contributed by atoms with Crippen LogP contribution in [0.5, 0.6) is 0 Å². The summed E-state index contributed by atoms with van der Waals surface area (Å²) in [4.78, 5) is 12.6. The molecule has 2 saturated heterocycles. The standard InChI is InChI=1S/C20H30NO3.HI/c1-14(2)21(3)16-9-10-17(21)12-18(11-16)24-20(23)19(13-22)15-7-5-4-6-8-15;/h4-8,14,16-19,22H,9-13H2,1-3H3;1H/q+1;/p-1. The molecule has 25 heavy (non-hydrogen) atoms. The van der Waals surface area contributed by atoms with Crippen LogP contribution in [0.1, 0.15) is 51.0 Å². The molecule has 2 aliphatic heterocycles. The van der Waals surface area contributed by atoms with Crippen molar-refractivity contribution in [3.8, 4) is 0 Å². The Balaban J connectivity index is 0.00000225. The maximum atomic E-state index is 12.6. The first-order chi connectivity index (χ1) is 11.5. The van der Waals surface area contributed by atoms with Gasteiger partial charge in [-0.05, 0) is 19.4 Å². The van der Waals surface area contributed by atoms with Crippen LogP contribution in [0.2, 0.25) is 0 Å². The molecule has 0 saturated carbocycles. The lowest BCUT2D eigenvalue weighted by molar-refractivity contribution is -0.968. The number of esters is 1. The summed E-state index contributed by atoms with van der Waals surface area (Å²) < 4.78 is 6.96. The molecule has 1 aromatic rings. The van der Waals surface area contributed by atoms with Crippen LogP contribution in [0.25, 0.3) is 0 Å². The zero-order valence-electron chi connectivity index (χ0n) is 15.4. The molecule has 1 aromatic carbocycles. The summed E-state index contributed by atoms with van der Waals surface area (Å²) in [7, 11) is 2.37. The van der Waals surface area contributed by atoms with Gasteiger partial charge in [-0.1, -0.05) is 30.3 Å². The summed E-state index contributed by atoms with van der Waals surface area (Å²) in [6.45, 7) is 4.39. The van der Waals surface area contributed by atoms with Gasteiger partial charge in [0.25, 0.3) is 0 Å². The molecule has 2 fully saturated rings. The van der Waals surface area contributed by atoms with Gasteiger partial charge in [-0.25, -0.2) is 0 Å². The van der Waals surface area contributed by atoms with E-state index < -0.39 is 5.92 Å². The maximum Gasteiger partial charge on any atom is 0.316 e. The van der Waals surface area contributed by atoms with E-state index in [0.717, 1.165) is 22.9 Å². The number of aliphatic hydroxyl groups is 1. The van der Waals surface area contributed by atoms with Gasteiger partial charge in [0, 0.05) is 25.7 Å². The van der Waals surface area contributed by atoms with Crippen molar-refractivity contribution in [3.05, 3.63) is 35.9 Å².